The van der Waals surface area contributed by atoms with Gasteiger partial charge in [0, 0.05) is 18.7 Å². The predicted octanol–water partition coefficient (Wildman–Crippen LogP) is 2.63. The molecule has 4 nitrogen and oxygen atoms in total. The van der Waals surface area contributed by atoms with E-state index in [4.69, 9.17) is 0 Å². The molecular weight excluding hydrogens is 280 g/mol. The Morgan fingerprint density at radius 2 is 2.47 bits per heavy atom. The summed E-state index contributed by atoms with van der Waals surface area (Å²) in [5.41, 5.74) is -0.459. The zero-order chi connectivity index (χ0) is 12.5. The smallest absolute Gasteiger partial charge is 0.106 e. The summed E-state index contributed by atoms with van der Waals surface area (Å²) < 4.78 is 2.87. The highest BCUT2D eigenvalue weighted by atomic mass is 79.9. The molecule has 2 atom stereocenters. The minimum Gasteiger partial charge on any atom is -0.297 e. The molecule has 1 saturated carbocycles. The summed E-state index contributed by atoms with van der Waals surface area (Å²) in [6.07, 6.45) is 6.86. The van der Waals surface area contributed by atoms with E-state index in [1.54, 1.807) is 6.20 Å². The SMILES string of the molecule is CC(CC(C)(C#N)NC1CC1)n1cc(Br)cn1. The standard InChI is InChI=1S/C12H17BrN4/c1-9(17-7-10(13)6-15-17)5-12(2,8-14)16-11-3-4-11/h6-7,9,11,16H,3-5H2,1-2H3. The van der Waals surface area contributed by atoms with Gasteiger partial charge in [-0.3, -0.25) is 10.00 Å². The van der Waals surface area contributed by atoms with Gasteiger partial charge in [0.1, 0.15) is 5.54 Å². The summed E-state index contributed by atoms with van der Waals surface area (Å²) in [5, 5.41) is 17.0. The van der Waals surface area contributed by atoms with Crippen molar-refractivity contribution in [2.75, 3.05) is 0 Å². The van der Waals surface area contributed by atoms with Crippen LogP contribution in [-0.4, -0.2) is 21.4 Å². The van der Waals surface area contributed by atoms with Gasteiger partial charge in [-0.05, 0) is 42.6 Å². The van der Waals surface area contributed by atoms with Crippen molar-refractivity contribution in [3.8, 4) is 6.07 Å². The number of rotatable bonds is 5. The maximum atomic E-state index is 9.31. The van der Waals surface area contributed by atoms with Crippen LogP contribution in [0.15, 0.2) is 16.9 Å². The van der Waals surface area contributed by atoms with E-state index in [1.807, 2.05) is 17.8 Å². The van der Waals surface area contributed by atoms with Gasteiger partial charge >= 0.3 is 0 Å². The summed E-state index contributed by atoms with van der Waals surface area (Å²) >= 11 is 3.38. The molecule has 17 heavy (non-hydrogen) atoms. The lowest BCUT2D eigenvalue weighted by Gasteiger charge is -2.26. The van der Waals surface area contributed by atoms with Gasteiger partial charge in [-0.15, -0.1) is 0 Å². The van der Waals surface area contributed by atoms with E-state index >= 15 is 0 Å². The Morgan fingerprint density at radius 3 is 2.94 bits per heavy atom. The lowest BCUT2D eigenvalue weighted by molar-refractivity contribution is 0.330. The van der Waals surface area contributed by atoms with Gasteiger partial charge < -0.3 is 0 Å². The second kappa shape index (κ2) is 4.79. The maximum absolute atomic E-state index is 9.31. The molecule has 1 fully saturated rings. The summed E-state index contributed by atoms with van der Waals surface area (Å²) in [6, 6.07) is 3.14. The number of nitrogens with zero attached hydrogens (tertiary/aromatic N) is 3. The van der Waals surface area contributed by atoms with Gasteiger partial charge in [-0.1, -0.05) is 0 Å². The molecule has 2 unspecified atom stereocenters. The summed E-state index contributed by atoms with van der Waals surface area (Å²) in [6.45, 7) is 4.06. The first-order valence-electron chi connectivity index (χ1n) is 5.91. The molecule has 0 spiro atoms. The Morgan fingerprint density at radius 1 is 1.76 bits per heavy atom. The van der Waals surface area contributed by atoms with E-state index in [2.05, 4.69) is 39.3 Å². The molecule has 0 bridgehead atoms. The minimum atomic E-state index is -0.459. The Labute approximate surface area is 110 Å². The molecule has 1 aromatic heterocycles. The van der Waals surface area contributed by atoms with Crippen molar-refractivity contribution in [1.82, 2.24) is 15.1 Å². The van der Waals surface area contributed by atoms with Crippen LogP contribution in [-0.2, 0) is 0 Å². The molecule has 2 rings (SSSR count). The second-order valence-corrected chi connectivity index (χ2v) is 5.97. The van der Waals surface area contributed by atoms with E-state index in [0.717, 1.165) is 10.9 Å². The molecule has 0 amide bonds. The van der Waals surface area contributed by atoms with Gasteiger partial charge in [0.05, 0.1) is 22.8 Å². The first-order chi connectivity index (χ1) is 8.02. The van der Waals surface area contributed by atoms with Crippen molar-refractivity contribution in [2.45, 2.75) is 50.7 Å². The average Bonchev–Trinajstić information content (AvgIpc) is 2.97. The lowest BCUT2D eigenvalue weighted by atomic mass is 9.95. The third-order valence-corrected chi connectivity index (χ3v) is 3.48. The van der Waals surface area contributed by atoms with E-state index in [-0.39, 0.29) is 6.04 Å². The van der Waals surface area contributed by atoms with Crippen LogP contribution in [0.2, 0.25) is 0 Å². The average molecular weight is 297 g/mol. The second-order valence-electron chi connectivity index (χ2n) is 5.05. The Kier molecular flexibility index (Phi) is 3.55. The van der Waals surface area contributed by atoms with E-state index in [9.17, 15) is 5.26 Å². The molecule has 1 aliphatic rings. The first kappa shape index (κ1) is 12.6. The third kappa shape index (κ3) is 3.30. The molecule has 92 valence electrons. The van der Waals surface area contributed by atoms with Crippen molar-refractivity contribution in [3.05, 3.63) is 16.9 Å². The quantitative estimate of drug-likeness (QED) is 0.909. The predicted molar refractivity (Wildman–Crippen MR) is 69.4 cm³/mol. The fraction of sp³-hybridized carbons (Fsp3) is 0.667. The molecule has 1 N–H and O–H groups in total. The van der Waals surface area contributed by atoms with Crippen molar-refractivity contribution < 1.29 is 0 Å². The van der Waals surface area contributed by atoms with Crippen LogP contribution in [0.4, 0.5) is 0 Å². The van der Waals surface area contributed by atoms with E-state index < -0.39 is 5.54 Å². The first-order valence-corrected chi connectivity index (χ1v) is 6.70. The van der Waals surface area contributed by atoms with E-state index in [1.165, 1.54) is 12.8 Å². The summed E-state index contributed by atoms with van der Waals surface area (Å²) in [5.74, 6) is 0. The highest BCUT2D eigenvalue weighted by Gasteiger charge is 2.34. The number of hydrogen-bond acceptors (Lipinski definition) is 3. The van der Waals surface area contributed by atoms with Crippen molar-refractivity contribution in [2.24, 2.45) is 0 Å². The van der Waals surface area contributed by atoms with Crippen LogP contribution in [0.5, 0.6) is 0 Å². The highest BCUT2D eigenvalue weighted by molar-refractivity contribution is 9.10. The number of aromatic nitrogens is 2. The lowest BCUT2D eigenvalue weighted by Crippen LogP contribution is -2.43. The normalized spacial score (nSPS) is 20.6. The molecule has 0 saturated heterocycles. The van der Waals surface area contributed by atoms with Gasteiger partial charge in [0.25, 0.3) is 0 Å². The van der Waals surface area contributed by atoms with Crippen LogP contribution in [0.3, 0.4) is 0 Å². The van der Waals surface area contributed by atoms with Crippen LogP contribution in [0.1, 0.15) is 39.2 Å². The van der Waals surface area contributed by atoms with Crippen LogP contribution < -0.4 is 5.32 Å². The largest absolute Gasteiger partial charge is 0.297 e. The van der Waals surface area contributed by atoms with Crippen LogP contribution in [0, 0.1) is 11.3 Å². The monoisotopic (exact) mass is 296 g/mol. The molecular formula is C12H17BrN4. The number of hydrogen-bond donors (Lipinski definition) is 1. The van der Waals surface area contributed by atoms with E-state index in [0.29, 0.717) is 6.04 Å². The Bertz CT molecular complexity index is 432. The minimum absolute atomic E-state index is 0.206. The fourth-order valence-corrected chi connectivity index (χ4v) is 2.36. The summed E-state index contributed by atoms with van der Waals surface area (Å²) in [4.78, 5) is 0. The molecule has 0 radical (unpaired) electrons. The molecule has 0 aliphatic heterocycles. The number of nitriles is 1. The number of nitrogens with one attached hydrogen (secondary N) is 1. The van der Waals surface area contributed by atoms with Gasteiger partial charge in [-0.25, -0.2) is 0 Å². The van der Waals surface area contributed by atoms with Crippen LogP contribution >= 0.6 is 15.9 Å². The zero-order valence-corrected chi connectivity index (χ0v) is 11.7. The van der Waals surface area contributed by atoms with Gasteiger partial charge in [0.2, 0.25) is 0 Å². The Balaban J connectivity index is 2.00. The van der Waals surface area contributed by atoms with Crippen molar-refractivity contribution in [1.29, 1.82) is 5.26 Å². The third-order valence-electron chi connectivity index (χ3n) is 3.07. The van der Waals surface area contributed by atoms with Crippen molar-refractivity contribution in [3.63, 3.8) is 0 Å². The molecule has 0 aromatic carbocycles. The van der Waals surface area contributed by atoms with Crippen LogP contribution in [0.25, 0.3) is 0 Å². The highest BCUT2D eigenvalue weighted by Crippen LogP contribution is 2.27. The number of halogens is 1. The molecule has 1 heterocycles. The van der Waals surface area contributed by atoms with Crippen molar-refractivity contribution >= 4 is 15.9 Å². The summed E-state index contributed by atoms with van der Waals surface area (Å²) in [7, 11) is 0. The Hall–Kier alpha value is -0.860. The topological polar surface area (TPSA) is 53.6 Å². The zero-order valence-electron chi connectivity index (χ0n) is 10.2. The molecule has 5 heteroatoms. The fourth-order valence-electron chi connectivity index (χ4n) is 2.06. The van der Waals surface area contributed by atoms with Gasteiger partial charge in [-0.2, -0.15) is 10.4 Å². The maximum Gasteiger partial charge on any atom is 0.106 e. The van der Waals surface area contributed by atoms with Gasteiger partial charge in [0.15, 0.2) is 0 Å². The molecule has 1 aliphatic carbocycles. The molecule has 1 aromatic rings.